The zero-order valence-corrected chi connectivity index (χ0v) is 15.5. The highest BCUT2D eigenvalue weighted by Gasteiger charge is 2.32. The lowest BCUT2D eigenvalue weighted by molar-refractivity contribution is -0.305. The first-order chi connectivity index (χ1) is 13.0. The Morgan fingerprint density at radius 1 is 1.15 bits per heavy atom. The van der Waals surface area contributed by atoms with E-state index in [2.05, 4.69) is 5.10 Å². The lowest BCUT2D eigenvalue weighted by atomic mass is 9.98. The number of amides is 1. The average Bonchev–Trinajstić information content (AvgIpc) is 3.12. The van der Waals surface area contributed by atoms with Crippen LogP contribution in [0.3, 0.4) is 0 Å². The monoisotopic (exact) mass is 385 g/mol. The number of rotatable bonds is 6. The molecule has 0 aromatic heterocycles. The zero-order chi connectivity index (χ0) is 19.4. The lowest BCUT2D eigenvalue weighted by Crippen LogP contribution is -2.29. The highest BCUT2D eigenvalue weighted by molar-refractivity contribution is 6.30. The predicted molar refractivity (Wildman–Crippen MR) is 99.4 cm³/mol. The van der Waals surface area contributed by atoms with Crippen LogP contribution in [-0.2, 0) is 9.59 Å². The number of halogens is 1. The van der Waals surface area contributed by atoms with Gasteiger partial charge in [-0.05, 0) is 53.9 Å². The maximum Gasteiger partial charge on any atom is 0.243 e. The van der Waals surface area contributed by atoms with Crippen LogP contribution in [0.2, 0.25) is 5.02 Å². The molecule has 1 aliphatic heterocycles. The number of benzene rings is 2. The highest BCUT2D eigenvalue weighted by atomic mass is 35.5. The summed E-state index contributed by atoms with van der Waals surface area (Å²) in [7, 11) is 1.59. The van der Waals surface area contributed by atoms with Crippen LogP contribution >= 0.6 is 11.6 Å². The molecule has 1 atom stereocenters. The van der Waals surface area contributed by atoms with E-state index >= 15 is 0 Å². The van der Waals surface area contributed by atoms with Gasteiger partial charge in [0.25, 0.3) is 0 Å². The fourth-order valence-electron chi connectivity index (χ4n) is 2.97. The van der Waals surface area contributed by atoms with Gasteiger partial charge in [0.2, 0.25) is 5.91 Å². The number of hydrogen-bond donors (Lipinski definition) is 0. The summed E-state index contributed by atoms with van der Waals surface area (Å²) < 4.78 is 5.17. The van der Waals surface area contributed by atoms with Crippen LogP contribution in [0.5, 0.6) is 5.75 Å². The summed E-state index contributed by atoms with van der Waals surface area (Å²) in [6, 6.07) is 14.3. The van der Waals surface area contributed by atoms with Gasteiger partial charge in [0.15, 0.2) is 0 Å². The maximum absolute atomic E-state index is 12.6. The molecule has 1 heterocycles. The van der Waals surface area contributed by atoms with E-state index in [9.17, 15) is 14.7 Å². The minimum atomic E-state index is -1.26. The van der Waals surface area contributed by atoms with Crippen LogP contribution < -0.4 is 9.84 Å². The highest BCUT2D eigenvalue weighted by Crippen LogP contribution is 2.34. The first kappa shape index (κ1) is 18.9. The van der Waals surface area contributed by atoms with Crippen molar-refractivity contribution in [3.63, 3.8) is 0 Å². The SMILES string of the molecule is COc1ccc(C2=NN(C(=O)CCC(=O)[O-])[C@@H](c3ccc(Cl)cc3)C2)cc1. The van der Waals surface area contributed by atoms with E-state index < -0.39 is 5.97 Å². The van der Waals surface area contributed by atoms with Gasteiger partial charge in [-0.2, -0.15) is 5.10 Å². The van der Waals surface area contributed by atoms with E-state index in [1.54, 1.807) is 19.2 Å². The smallest absolute Gasteiger partial charge is 0.243 e. The number of aliphatic carboxylic acids is 1. The molecule has 2 aromatic carbocycles. The van der Waals surface area contributed by atoms with E-state index in [0.717, 1.165) is 22.6 Å². The molecule has 0 fully saturated rings. The molecule has 0 unspecified atom stereocenters. The summed E-state index contributed by atoms with van der Waals surface area (Å²) in [5, 5.41) is 17.2. The Balaban J connectivity index is 1.88. The molecule has 0 radical (unpaired) electrons. The summed E-state index contributed by atoms with van der Waals surface area (Å²) in [5.74, 6) is -0.888. The van der Waals surface area contributed by atoms with Crippen molar-refractivity contribution in [3.05, 3.63) is 64.7 Å². The minimum Gasteiger partial charge on any atom is -0.550 e. The molecule has 0 bridgehead atoms. The van der Waals surface area contributed by atoms with E-state index in [0.29, 0.717) is 11.4 Å². The Bertz CT molecular complexity index is 863. The summed E-state index contributed by atoms with van der Waals surface area (Å²) in [4.78, 5) is 23.3. The molecule has 27 heavy (non-hydrogen) atoms. The molecule has 0 aliphatic carbocycles. The zero-order valence-electron chi connectivity index (χ0n) is 14.7. The van der Waals surface area contributed by atoms with Crippen molar-refractivity contribution in [2.45, 2.75) is 25.3 Å². The van der Waals surface area contributed by atoms with Crippen molar-refractivity contribution in [1.29, 1.82) is 0 Å². The molecule has 140 valence electrons. The van der Waals surface area contributed by atoms with Crippen LogP contribution in [0.25, 0.3) is 0 Å². The topological polar surface area (TPSA) is 82.0 Å². The third kappa shape index (κ3) is 4.46. The molecule has 2 aromatic rings. The number of hydrogen-bond acceptors (Lipinski definition) is 5. The summed E-state index contributed by atoms with van der Waals surface area (Å²) >= 11 is 5.96. The van der Waals surface area contributed by atoms with Crippen molar-refractivity contribution in [2.24, 2.45) is 5.10 Å². The molecular weight excluding hydrogens is 368 g/mol. The molecule has 7 heteroatoms. The minimum absolute atomic E-state index is 0.161. The third-order valence-electron chi connectivity index (χ3n) is 4.39. The van der Waals surface area contributed by atoms with Crippen molar-refractivity contribution >= 4 is 29.2 Å². The molecule has 0 saturated carbocycles. The molecule has 0 spiro atoms. The van der Waals surface area contributed by atoms with Gasteiger partial charge in [0.05, 0.1) is 18.9 Å². The summed E-state index contributed by atoms with van der Waals surface area (Å²) in [5.41, 5.74) is 2.51. The maximum atomic E-state index is 12.6. The van der Waals surface area contributed by atoms with Gasteiger partial charge in [-0.3, -0.25) is 4.79 Å². The standard InChI is InChI=1S/C20H19ClN2O4/c1-27-16-8-4-13(5-9-16)17-12-18(14-2-6-15(21)7-3-14)23(22-17)19(24)10-11-20(25)26/h2-9,18H,10-12H2,1H3,(H,25,26)/p-1/t18-/m1/s1. The van der Waals surface area contributed by atoms with Crippen molar-refractivity contribution in [2.75, 3.05) is 7.11 Å². The van der Waals surface area contributed by atoms with E-state index in [4.69, 9.17) is 16.3 Å². The van der Waals surface area contributed by atoms with Gasteiger partial charge < -0.3 is 14.6 Å². The number of carboxylic acid groups (broad SMARTS) is 1. The quantitative estimate of drug-likeness (QED) is 0.765. The average molecular weight is 386 g/mol. The molecule has 3 rings (SSSR count). The Kier molecular flexibility index (Phi) is 5.76. The molecule has 6 nitrogen and oxygen atoms in total. The summed E-state index contributed by atoms with van der Waals surface area (Å²) in [6.07, 6.45) is 0.0207. The molecule has 1 amide bonds. The van der Waals surface area contributed by atoms with Gasteiger partial charge in [0, 0.05) is 23.8 Å². The molecule has 0 saturated heterocycles. The normalized spacial score (nSPS) is 16.1. The first-order valence-electron chi connectivity index (χ1n) is 8.47. The van der Waals surface area contributed by atoms with Crippen LogP contribution in [0.1, 0.15) is 36.4 Å². The number of carboxylic acids is 1. The largest absolute Gasteiger partial charge is 0.550 e. The second-order valence-electron chi connectivity index (χ2n) is 6.16. The summed E-state index contributed by atoms with van der Waals surface area (Å²) in [6.45, 7) is 0. The van der Waals surface area contributed by atoms with Crippen molar-refractivity contribution < 1.29 is 19.4 Å². The number of hydrazone groups is 1. The Morgan fingerprint density at radius 3 is 2.41 bits per heavy atom. The van der Waals surface area contributed by atoms with Crippen LogP contribution in [0.15, 0.2) is 53.6 Å². The first-order valence-corrected chi connectivity index (χ1v) is 8.85. The predicted octanol–water partition coefficient (Wildman–Crippen LogP) is 2.56. The Hall–Kier alpha value is -2.86. The molecular formula is C20H18ClN2O4-. The molecule has 0 N–H and O–H groups in total. The van der Waals surface area contributed by atoms with Crippen molar-refractivity contribution in [3.8, 4) is 5.75 Å². The van der Waals surface area contributed by atoms with E-state index in [1.807, 2.05) is 36.4 Å². The van der Waals surface area contributed by atoms with Crippen molar-refractivity contribution in [1.82, 2.24) is 5.01 Å². The molecule has 1 aliphatic rings. The number of methoxy groups -OCH3 is 1. The Morgan fingerprint density at radius 2 is 1.81 bits per heavy atom. The fourth-order valence-corrected chi connectivity index (χ4v) is 3.09. The van der Waals surface area contributed by atoms with E-state index in [1.165, 1.54) is 5.01 Å². The van der Waals surface area contributed by atoms with Crippen LogP contribution in [0, 0.1) is 0 Å². The Labute approximate surface area is 162 Å². The third-order valence-corrected chi connectivity index (χ3v) is 4.64. The van der Waals surface area contributed by atoms with Gasteiger partial charge in [0.1, 0.15) is 5.75 Å². The van der Waals surface area contributed by atoms with Crippen LogP contribution in [0.4, 0.5) is 0 Å². The van der Waals surface area contributed by atoms with Gasteiger partial charge >= 0.3 is 0 Å². The lowest BCUT2D eigenvalue weighted by Gasteiger charge is -2.22. The number of carbonyl (C=O) groups excluding carboxylic acids is 2. The van der Waals surface area contributed by atoms with E-state index in [-0.39, 0.29) is 24.8 Å². The van der Waals surface area contributed by atoms with Crippen LogP contribution in [-0.4, -0.2) is 29.7 Å². The number of ether oxygens (including phenoxy) is 1. The number of nitrogens with zero attached hydrogens (tertiary/aromatic N) is 2. The second-order valence-corrected chi connectivity index (χ2v) is 6.59. The van der Waals surface area contributed by atoms with Gasteiger partial charge in [-0.25, -0.2) is 5.01 Å². The van der Waals surface area contributed by atoms with Gasteiger partial charge in [-0.15, -0.1) is 0 Å². The fraction of sp³-hybridized carbons (Fsp3) is 0.250. The van der Waals surface area contributed by atoms with Gasteiger partial charge in [-0.1, -0.05) is 23.7 Å². The second kappa shape index (κ2) is 8.22. The number of carbonyl (C=O) groups is 2.